The molecule has 56 heavy (non-hydrogen) atoms. The summed E-state index contributed by atoms with van der Waals surface area (Å²) < 4.78 is 1.56. The maximum absolute atomic E-state index is 12.0. The molecule has 0 amide bonds. The monoisotopic (exact) mass is 842 g/mol. The first-order chi connectivity index (χ1) is 26.6. The zero-order valence-corrected chi connectivity index (χ0v) is 38.3. The SMILES string of the molecule is CCCCCc1cc(C2=C(CCCC)C(C)=C(c3cc(C)c(C)c(C)c3)[N+]2=[N-])cc(CCCCC)c1CCCCC.Cc1cc[c-]cc1.Cc1cc[c-]cc1.[Pd+2]. The summed E-state index contributed by atoms with van der Waals surface area (Å²) >= 11 is 0. The van der Waals surface area contributed by atoms with E-state index in [9.17, 15) is 5.53 Å². The molecule has 4 aromatic carbocycles. The van der Waals surface area contributed by atoms with Gasteiger partial charge in [0.2, 0.25) is 11.4 Å². The molecule has 0 fully saturated rings. The van der Waals surface area contributed by atoms with Crippen molar-refractivity contribution in [3.05, 3.63) is 157 Å². The van der Waals surface area contributed by atoms with Gasteiger partial charge in [-0.2, -0.15) is 71.8 Å². The zero-order chi connectivity index (χ0) is 40.2. The van der Waals surface area contributed by atoms with Gasteiger partial charge < -0.3 is 5.53 Å². The summed E-state index contributed by atoms with van der Waals surface area (Å²) in [6, 6.07) is 31.1. The van der Waals surface area contributed by atoms with Gasteiger partial charge in [-0.05, 0) is 137 Å². The van der Waals surface area contributed by atoms with E-state index in [1.54, 1.807) is 10.3 Å². The van der Waals surface area contributed by atoms with Crippen molar-refractivity contribution in [3.63, 3.8) is 0 Å². The predicted molar refractivity (Wildman–Crippen MR) is 239 cm³/mol. The van der Waals surface area contributed by atoms with Crippen molar-refractivity contribution < 1.29 is 25.1 Å². The Balaban J connectivity index is 0.000000599. The van der Waals surface area contributed by atoms with Crippen molar-refractivity contribution in [2.24, 2.45) is 0 Å². The number of aryl methyl sites for hydroxylation is 6. The van der Waals surface area contributed by atoms with Crippen LogP contribution in [0.25, 0.3) is 16.9 Å². The van der Waals surface area contributed by atoms with Gasteiger partial charge in [-0.15, -0.1) is 0 Å². The number of allylic oxidation sites excluding steroid dienone is 2. The summed E-state index contributed by atoms with van der Waals surface area (Å²) in [5.74, 6) is 0. The van der Waals surface area contributed by atoms with Crippen LogP contribution < -0.4 is 0 Å². The Hall–Kier alpha value is -3.38. The summed E-state index contributed by atoms with van der Waals surface area (Å²) in [4.78, 5) is 0. The number of unbranched alkanes of at least 4 members (excludes halogenated alkanes) is 7. The van der Waals surface area contributed by atoms with Crippen LogP contribution in [-0.2, 0) is 39.7 Å². The second-order valence-corrected chi connectivity index (χ2v) is 15.8. The van der Waals surface area contributed by atoms with E-state index in [4.69, 9.17) is 0 Å². The fraction of sp³-hybridized carbons (Fsp3) is 0.472. The third-order valence-electron chi connectivity index (χ3n) is 11.1. The summed E-state index contributed by atoms with van der Waals surface area (Å²) in [6.45, 7) is 22.1. The van der Waals surface area contributed by atoms with E-state index in [1.807, 2.05) is 48.5 Å². The van der Waals surface area contributed by atoms with E-state index < -0.39 is 0 Å². The zero-order valence-electron chi connectivity index (χ0n) is 36.7. The van der Waals surface area contributed by atoms with Crippen LogP contribution in [0.1, 0.15) is 167 Å². The minimum absolute atomic E-state index is 0. The normalized spacial score (nSPS) is 12.2. The molecule has 1 heterocycles. The maximum Gasteiger partial charge on any atom is 2.00 e. The Labute approximate surface area is 357 Å². The van der Waals surface area contributed by atoms with E-state index in [0.717, 1.165) is 49.1 Å². The number of hydrogen-bond acceptors (Lipinski definition) is 0. The second-order valence-electron chi connectivity index (χ2n) is 15.8. The number of rotatable bonds is 17. The summed E-state index contributed by atoms with van der Waals surface area (Å²) in [5.41, 5.74) is 30.0. The average molecular weight is 844 g/mol. The summed E-state index contributed by atoms with van der Waals surface area (Å²) in [5, 5.41) is 0. The minimum Gasteiger partial charge on any atom is -0.493 e. The van der Waals surface area contributed by atoms with Gasteiger partial charge in [0.05, 0.1) is 0 Å². The van der Waals surface area contributed by atoms with Gasteiger partial charge in [0.15, 0.2) is 0 Å². The van der Waals surface area contributed by atoms with Gasteiger partial charge in [-0.25, -0.2) is 4.70 Å². The van der Waals surface area contributed by atoms with Gasteiger partial charge in [0.1, 0.15) is 0 Å². The molecule has 3 heteroatoms. The summed E-state index contributed by atoms with van der Waals surface area (Å²) in [7, 11) is 0. The van der Waals surface area contributed by atoms with E-state index in [0.29, 0.717) is 0 Å². The molecule has 0 spiro atoms. The molecule has 0 radical (unpaired) electrons. The molecule has 5 rings (SSSR count). The number of benzene rings is 4. The van der Waals surface area contributed by atoms with Crippen LogP contribution in [-0.4, -0.2) is 4.70 Å². The molecular weight excluding hydrogens is 771 g/mol. The Morgan fingerprint density at radius 1 is 0.500 bits per heavy atom. The average Bonchev–Trinajstić information content (AvgIpc) is 3.42. The first-order valence-corrected chi connectivity index (χ1v) is 21.6. The van der Waals surface area contributed by atoms with Crippen LogP contribution in [0.4, 0.5) is 0 Å². The molecule has 0 saturated heterocycles. The van der Waals surface area contributed by atoms with Gasteiger partial charge in [-0.3, -0.25) is 0 Å². The Kier molecular flexibility index (Phi) is 23.1. The van der Waals surface area contributed by atoms with Crippen LogP contribution in [0, 0.1) is 46.8 Å². The molecule has 304 valence electrons. The van der Waals surface area contributed by atoms with Crippen molar-refractivity contribution in [1.29, 1.82) is 0 Å². The second kappa shape index (κ2) is 26.5. The van der Waals surface area contributed by atoms with Crippen molar-refractivity contribution >= 4 is 11.4 Å². The van der Waals surface area contributed by atoms with Gasteiger partial charge in [-0.1, -0.05) is 86.5 Å². The molecule has 0 atom stereocenters. The minimum atomic E-state index is 0. The smallest absolute Gasteiger partial charge is 0.493 e. The van der Waals surface area contributed by atoms with Crippen molar-refractivity contribution in [1.82, 2.24) is 0 Å². The largest absolute Gasteiger partial charge is 2.00 e. The van der Waals surface area contributed by atoms with Crippen LogP contribution >= 0.6 is 0 Å². The molecule has 1 aliphatic rings. The number of nitrogens with zero attached hydrogens (tertiary/aromatic N) is 2. The molecule has 0 saturated carbocycles. The van der Waals surface area contributed by atoms with Crippen LogP contribution in [0.5, 0.6) is 0 Å². The standard InChI is InChI=1S/C39H58N2.2C7H7.Pd/c1-9-13-17-20-32-26-35(27-33(21-18-14-10-2)37(32)23-19-15-11-3)39-36(22-16-12-4)31(8)38(41(39)40)34-24-28(5)30(7)29(6)25-34;2*1-7-5-3-2-4-6-7;/h24-27H,9-23H2,1-8H3;2*3-6H,1H3;/q;2*-1;+2. The Bertz CT molecular complexity index is 1740. The van der Waals surface area contributed by atoms with Gasteiger partial charge in [0.25, 0.3) is 0 Å². The molecular formula is C53H72N2Pd. The van der Waals surface area contributed by atoms with Crippen LogP contribution in [0.2, 0.25) is 0 Å². The predicted octanol–water partition coefficient (Wildman–Crippen LogP) is 15.8. The molecule has 1 aliphatic heterocycles. The topological polar surface area (TPSA) is 25.3 Å². The van der Waals surface area contributed by atoms with Gasteiger partial charge in [0, 0.05) is 22.3 Å². The fourth-order valence-electron chi connectivity index (χ4n) is 7.51. The molecule has 4 aromatic rings. The van der Waals surface area contributed by atoms with Crippen LogP contribution in [0.15, 0.2) is 83.9 Å². The Morgan fingerprint density at radius 2 is 0.911 bits per heavy atom. The van der Waals surface area contributed by atoms with Crippen molar-refractivity contribution in [3.8, 4) is 0 Å². The third kappa shape index (κ3) is 14.8. The quantitative estimate of drug-likeness (QED) is 0.0438. The van der Waals surface area contributed by atoms with E-state index >= 15 is 0 Å². The molecule has 0 aromatic heterocycles. The molecule has 0 N–H and O–H groups in total. The van der Waals surface area contributed by atoms with E-state index in [1.165, 1.54) is 120 Å². The maximum atomic E-state index is 12.0. The first kappa shape index (κ1) is 48.8. The van der Waals surface area contributed by atoms with E-state index in [2.05, 4.69) is 106 Å². The summed E-state index contributed by atoms with van der Waals surface area (Å²) in [6.07, 6.45) is 18.1. The van der Waals surface area contributed by atoms with Crippen molar-refractivity contribution in [2.45, 2.75) is 166 Å². The molecule has 0 unspecified atom stereocenters. The van der Waals surface area contributed by atoms with Gasteiger partial charge >= 0.3 is 20.4 Å². The molecule has 0 aliphatic carbocycles. The number of hydrogen-bond donors (Lipinski definition) is 0. The first-order valence-electron chi connectivity index (χ1n) is 21.6. The third-order valence-corrected chi connectivity index (χ3v) is 11.1. The molecule has 2 nitrogen and oxygen atoms in total. The molecule has 0 bridgehead atoms. The fourth-order valence-corrected chi connectivity index (χ4v) is 7.51. The van der Waals surface area contributed by atoms with Crippen LogP contribution in [0.3, 0.4) is 0 Å². The van der Waals surface area contributed by atoms with Crippen molar-refractivity contribution in [2.75, 3.05) is 0 Å². The van der Waals surface area contributed by atoms with E-state index in [-0.39, 0.29) is 20.4 Å². The Morgan fingerprint density at radius 3 is 1.30 bits per heavy atom.